The Bertz CT molecular complexity index is 1510. The van der Waals surface area contributed by atoms with Crippen LogP contribution in [0, 0.1) is 13.8 Å². The third-order valence-corrected chi connectivity index (χ3v) is 5.88. The first-order valence-corrected chi connectivity index (χ1v) is 11.5. The van der Waals surface area contributed by atoms with E-state index in [2.05, 4.69) is 5.32 Å². The molecule has 4 rings (SSSR count). The van der Waals surface area contributed by atoms with E-state index in [1.807, 2.05) is 26.8 Å². The van der Waals surface area contributed by atoms with Crippen molar-refractivity contribution < 1.29 is 31.9 Å². The molecule has 3 aromatic carbocycles. The van der Waals surface area contributed by atoms with E-state index in [9.17, 15) is 22.8 Å². The van der Waals surface area contributed by atoms with Crippen LogP contribution in [0.4, 0.5) is 18.9 Å². The minimum Gasteiger partial charge on any atom is -0.484 e. The first-order chi connectivity index (χ1) is 17.6. The van der Waals surface area contributed by atoms with Gasteiger partial charge in [-0.05, 0) is 67.3 Å². The number of nitrogens with one attached hydrogen (secondary N) is 1. The standard InChI is InChI=1S/C28H24F3NO5/c1-4-18-8-10-19(11-9-18)36-26-25(34)21-13-12-20(14-23(21)37-27(26)28(29,30)31)35-15-24(33)32-22-7-5-6-16(2)17(22)3/h5-14H,4,15H2,1-3H3,(H,32,33). The van der Waals surface area contributed by atoms with Gasteiger partial charge in [0.1, 0.15) is 17.1 Å². The highest BCUT2D eigenvalue weighted by Gasteiger charge is 2.40. The van der Waals surface area contributed by atoms with Gasteiger partial charge in [-0.25, -0.2) is 0 Å². The minimum atomic E-state index is -4.99. The average molecular weight is 511 g/mol. The van der Waals surface area contributed by atoms with Crippen molar-refractivity contribution in [2.24, 2.45) is 0 Å². The van der Waals surface area contributed by atoms with Gasteiger partial charge in [0.15, 0.2) is 6.61 Å². The SMILES string of the molecule is CCc1ccc(Oc2c(C(F)(F)F)oc3cc(OCC(=O)Nc4cccc(C)c4C)ccc3c2=O)cc1. The number of amides is 1. The van der Waals surface area contributed by atoms with Crippen molar-refractivity contribution in [3.63, 3.8) is 0 Å². The number of hydrogen-bond acceptors (Lipinski definition) is 5. The molecule has 0 aliphatic heterocycles. The molecule has 0 atom stereocenters. The van der Waals surface area contributed by atoms with E-state index in [-0.39, 0.29) is 22.5 Å². The summed E-state index contributed by atoms with van der Waals surface area (Å²) in [6.45, 7) is 5.32. The molecule has 0 unspecified atom stereocenters. The lowest BCUT2D eigenvalue weighted by molar-refractivity contribution is -0.154. The number of benzene rings is 3. The molecule has 0 spiro atoms. The molecular weight excluding hydrogens is 487 g/mol. The average Bonchev–Trinajstić information content (AvgIpc) is 2.86. The van der Waals surface area contributed by atoms with Crippen LogP contribution < -0.4 is 20.2 Å². The lowest BCUT2D eigenvalue weighted by Gasteiger charge is -2.14. The fourth-order valence-electron chi connectivity index (χ4n) is 3.66. The Morgan fingerprint density at radius 3 is 2.38 bits per heavy atom. The Morgan fingerprint density at radius 2 is 1.70 bits per heavy atom. The van der Waals surface area contributed by atoms with Crippen LogP contribution in [0.1, 0.15) is 29.4 Å². The van der Waals surface area contributed by atoms with Crippen LogP contribution in [0.5, 0.6) is 17.2 Å². The molecule has 4 aromatic rings. The van der Waals surface area contributed by atoms with Gasteiger partial charge in [0.2, 0.25) is 11.2 Å². The molecule has 0 saturated heterocycles. The van der Waals surface area contributed by atoms with E-state index in [0.29, 0.717) is 5.69 Å². The second kappa shape index (κ2) is 10.4. The highest BCUT2D eigenvalue weighted by Crippen LogP contribution is 2.38. The van der Waals surface area contributed by atoms with Crippen molar-refractivity contribution in [2.75, 3.05) is 11.9 Å². The van der Waals surface area contributed by atoms with E-state index in [4.69, 9.17) is 13.9 Å². The van der Waals surface area contributed by atoms with E-state index in [1.165, 1.54) is 24.3 Å². The molecule has 1 N–H and O–H groups in total. The number of alkyl halides is 3. The lowest BCUT2D eigenvalue weighted by Crippen LogP contribution is -2.21. The first kappa shape index (κ1) is 25.8. The summed E-state index contributed by atoms with van der Waals surface area (Å²) in [7, 11) is 0. The minimum absolute atomic E-state index is 0.0590. The molecule has 192 valence electrons. The largest absolute Gasteiger partial charge is 0.484 e. The Hall–Kier alpha value is -4.27. The number of carbonyl (C=O) groups is 1. The summed E-state index contributed by atoms with van der Waals surface area (Å²) in [6.07, 6.45) is -4.25. The van der Waals surface area contributed by atoms with Crippen molar-refractivity contribution in [3.05, 3.63) is 93.3 Å². The van der Waals surface area contributed by atoms with Crippen molar-refractivity contribution in [1.29, 1.82) is 0 Å². The first-order valence-electron chi connectivity index (χ1n) is 11.5. The highest BCUT2D eigenvalue weighted by atomic mass is 19.4. The number of anilines is 1. The number of aryl methyl sites for hydroxylation is 2. The third kappa shape index (κ3) is 5.77. The zero-order chi connectivity index (χ0) is 26.7. The van der Waals surface area contributed by atoms with Crippen molar-refractivity contribution in [1.82, 2.24) is 0 Å². The Balaban J connectivity index is 1.59. The van der Waals surface area contributed by atoms with Crippen molar-refractivity contribution >= 4 is 22.6 Å². The van der Waals surface area contributed by atoms with E-state index in [1.54, 1.807) is 24.3 Å². The van der Waals surface area contributed by atoms with Gasteiger partial charge in [-0.15, -0.1) is 0 Å². The van der Waals surface area contributed by atoms with E-state index < -0.39 is 35.6 Å². The maximum atomic E-state index is 13.8. The summed E-state index contributed by atoms with van der Waals surface area (Å²) in [5.74, 6) is -2.84. The molecule has 0 aliphatic carbocycles. The lowest BCUT2D eigenvalue weighted by atomic mass is 10.1. The number of rotatable bonds is 7. The fraction of sp³-hybridized carbons (Fsp3) is 0.214. The number of fused-ring (bicyclic) bond motifs is 1. The van der Waals surface area contributed by atoms with E-state index in [0.717, 1.165) is 29.2 Å². The van der Waals surface area contributed by atoms with Crippen LogP contribution in [0.15, 0.2) is 69.9 Å². The Kier molecular flexibility index (Phi) is 7.24. The molecule has 37 heavy (non-hydrogen) atoms. The summed E-state index contributed by atoms with van der Waals surface area (Å²) >= 11 is 0. The zero-order valence-corrected chi connectivity index (χ0v) is 20.4. The fourth-order valence-corrected chi connectivity index (χ4v) is 3.66. The second-order valence-electron chi connectivity index (χ2n) is 8.43. The molecular formula is C28H24F3NO5. The highest BCUT2D eigenvalue weighted by molar-refractivity contribution is 5.92. The van der Waals surface area contributed by atoms with Crippen molar-refractivity contribution in [3.8, 4) is 17.2 Å². The molecule has 1 heterocycles. The molecule has 6 nitrogen and oxygen atoms in total. The molecule has 0 saturated carbocycles. The van der Waals surface area contributed by atoms with Gasteiger partial charge in [-0.1, -0.05) is 31.2 Å². The Morgan fingerprint density at radius 1 is 1.00 bits per heavy atom. The number of carbonyl (C=O) groups excluding carboxylic acids is 1. The molecule has 0 aliphatic rings. The van der Waals surface area contributed by atoms with Gasteiger partial charge in [0, 0.05) is 11.8 Å². The van der Waals surface area contributed by atoms with Crippen molar-refractivity contribution in [2.45, 2.75) is 33.4 Å². The maximum Gasteiger partial charge on any atom is 0.453 e. The van der Waals surface area contributed by atoms with Gasteiger partial charge >= 0.3 is 6.18 Å². The normalized spacial score (nSPS) is 11.4. The number of hydrogen-bond donors (Lipinski definition) is 1. The van der Waals surface area contributed by atoms with Crippen LogP contribution in [0.25, 0.3) is 11.0 Å². The summed E-state index contributed by atoms with van der Waals surface area (Å²) in [5, 5.41) is 2.61. The molecule has 1 aromatic heterocycles. The van der Waals surface area contributed by atoms with Crippen LogP contribution in [0.2, 0.25) is 0 Å². The zero-order valence-electron chi connectivity index (χ0n) is 20.4. The summed E-state index contributed by atoms with van der Waals surface area (Å²) < 4.78 is 57.3. The molecule has 0 radical (unpaired) electrons. The van der Waals surface area contributed by atoms with Gasteiger partial charge in [0.25, 0.3) is 11.7 Å². The molecule has 1 amide bonds. The quantitative estimate of drug-likeness (QED) is 0.295. The predicted octanol–water partition coefficient (Wildman–Crippen LogP) is 6.80. The smallest absolute Gasteiger partial charge is 0.453 e. The Labute approximate surface area is 210 Å². The van der Waals surface area contributed by atoms with Gasteiger partial charge < -0.3 is 19.2 Å². The number of ether oxygens (including phenoxy) is 2. The van der Waals surface area contributed by atoms with Gasteiger partial charge in [0.05, 0.1) is 5.39 Å². The van der Waals surface area contributed by atoms with E-state index >= 15 is 0 Å². The predicted molar refractivity (Wildman–Crippen MR) is 133 cm³/mol. The maximum absolute atomic E-state index is 13.8. The third-order valence-electron chi connectivity index (χ3n) is 5.88. The van der Waals surface area contributed by atoms with Crippen LogP contribution in [0.3, 0.4) is 0 Å². The summed E-state index contributed by atoms with van der Waals surface area (Å²) in [6, 6.07) is 15.6. The van der Waals surface area contributed by atoms with Crippen LogP contribution >= 0.6 is 0 Å². The molecule has 0 fully saturated rings. The van der Waals surface area contributed by atoms with Gasteiger partial charge in [-0.2, -0.15) is 13.2 Å². The van der Waals surface area contributed by atoms with Crippen LogP contribution in [-0.4, -0.2) is 12.5 Å². The second-order valence-corrected chi connectivity index (χ2v) is 8.43. The van der Waals surface area contributed by atoms with Crippen LogP contribution in [-0.2, 0) is 17.4 Å². The summed E-state index contributed by atoms with van der Waals surface area (Å²) in [5.41, 5.74) is 2.17. The molecule has 9 heteroatoms. The monoisotopic (exact) mass is 511 g/mol. The topological polar surface area (TPSA) is 77.8 Å². The van der Waals surface area contributed by atoms with Gasteiger partial charge in [-0.3, -0.25) is 9.59 Å². The summed E-state index contributed by atoms with van der Waals surface area (Å²) in [4.78, 5) is 25.3. The number of halogens is 3. The molecule has 0 bridgehead atoms.